The molecule has 1 saturated heterocycles. The van der Waals surface area contributed by atoms with Crippen molar-refractivity contribution >= 4 is 22.8 Å². The van der Waals surface area contributed by atoms with Crippen LogP contribution in [0.25, 0.3) is 39.2 Å². The molecule has 0 unspecified atom stereocenters. The van der Waals surface area contributed by atoms with Crippen molar-refractivity contribution in [1.29, 1.82) is 0 Å². The van der Waals surface area contributed by atoms with Crippen LogP contribution in [0.1, 0.15) is 0 Å². The van der Waals surface area contributed by atoms with E-state index >= 15 is 0 Å². The van der Waals surface area contributed by atoms with E-state index in [1.54, 1.807) is 23.3 Å². The molecule has 10 nitrogen and oxygen atoms in total. The summed E-state index contributed by atoms with van der Waals surface area (Å²) >= 11 is 6.55. The summed E-state index contributed by atoms with van der Waals surface area (Å²) in [5, 5.41) is 28.2. The average molecular weight is 505 g/mol. The monoisotopic (exact) mass is 504 g/mol. The standard InChI is InChI=1S/C25H21ClN6O4/c26-18-11-19-24(31-25(29-19)36-21-13-35-20(12-33)23(21)34)30-22(18)16-3-1-14(2-4-16)15-5-7-17(8-6-15)32-27-9-10-28-32/h1-11,20-21,23,33-34H,12-13H2,(H,29,30,31)/t20-,21-,23-/m1/s1. The van der Waals surface area contributed by atoms with E-state index in [1.165, 1.54) is 0 Å². The molecule has 0 bridgehead atoms. The molecule has 3 aromatic heterocycles. The van der Waals surface area contributed by atoms with Gasteiger partial charge in [-0.05, 0) is 29.3 Å². The van der Waals surface area contributed by atoms with Gasteiger partial charge in [0.1, 0.15) is 12.2 Å². The Morgan fingerprint density at radius 2 is 1.67 bits per heavy atom. The van der Waals surface area contributed by atoms with Crippen LogP contribution in [0.4, 0.5) is 0 Å². The van der Waals surface area contributed by atoms with Crippen molar-refractivity contribution in [3.8, 4) is 34.1 Å². The number of nitrogens with zero attached hydrogens (tertiary/aromatic N) is 5. The van der Waals surface area contributed by atoms with E-state index in [0.29, 0.717) is 21.9 Å². The molecule has 1 aliphatic heterocycles. The van der Waals surface area contributed by atoms with Crippen molar-refractivity contribution in [1.82, 2.24) is 29.9 Å². The van der Waals surface area contributed by atoms with E-state index in [1.807, 2.05) is 48.5 Å². The van der Waals surface area contributed by atoms with E-state index < -0.39 is 18.3 Å². The highest BCUT2D eigenvalue weighted by Crippen LogP contribution is 2.32. The molecule has 36 heavy (non-hydrogen) atoms. The largest absolute Gasteiger partial charge is 0.456 e. The predicted octanol–water partition coefficient (Wildman–Crippen LogP) is 3.03. The van der Waals surface area contributed by atoms with E-state index in [9.17, 15) is 10.2 Å². The van der Waals surface area contributed by atoms with Crippen molar-refractivity contribution in [2.75, 3.05) is 13.2 Å². The van der Waals surface area contributed by atoms with Crippen molar-refractivity contribution in [2.45, 2.75) is 18.3 Å². The van der Waals surface area contributed by atoms with E-state index in [-0.39, 0.29) is 19.2 Å². The molecule has 0 amide bonds. The lowest BCUT2D eigenvalue weighted by atomic mass is 10.0. The Morgan fingerprint density at radius 3 is 2.33 bits per heavy atom. The minimum atomic E-state index is -0.952. The van der Waals surface area contributed by atoms with Crippen LogP contribution in [-0.2, 0) is 4.74 Å². The number of aromatic amines is 1. The number of hydrogen-bond acceptors (Lipinski definition) is 8. The fourth-order valence-electron chi connectivity index (χ4n) is 4.17. The van der Waals surface area contributed by atoms with Gasteiger partial charge in [0.25, 0.3) is 6.01 Å². The number of imidazole rings is 1. The normalized spacial score (nSPS) is 19.7. The van der Waals surface area contributed by atoms with Crippen LogP contribution in [0.2, 0.25) is 5.02 Å². The van der Waals surface area contributed by atoms with Gasteiger partial charge in [-0.25, -0.2) is 4.98 Å². The number of pyridine rings is 1. The number of ether oxygens (including phenoxy) is 2. The molecule has 0 radical (unpaired) electrons. The van der Waals surface area contributed by atoms with Gasteiger partial charge in [-0.2, -0.15) is 20.0 Å². The fraction of sp³-hybridized carbons (Fsp3) is 0.200. The maximum absolute atomic E-state index is 10.2. The number of rotatable bonds is 6. The van der Waals surface area contributed by atoms with Crippen LogP contribution in [0.15, 0.2) is 67.0 Å². The van der Waals surface area contributed by atoms with Crippen molar-refractivity contribution in [2.24, 2.45) is 0 Å². The zero-order valence-electron chi connectivity index (χ0n) is 18.8. The Kier molecular flexibility index (Phi) is 5.86. The van der Waals surface area contributed by atoms with Gasteiger partial charge in [0.2, 0.25) is 0 Å². The number of aliphatic hydroxyl groups excluding tert-OH is 2. The van der Waals surface area contributed by atoms with Gasteiger partial charge >= 0.3 is 0 Å². The second-order valence-corrected chi connectivity index (χ2v) is 8.78. The Balaban J connectivity index is 1.22. The maximum Gasteiger partial charge on any atom is 0.296 e. The number of hydrogen-bond donors (Lipinski definition) is 3. The van der Waals surface area contributed by atoms with Crippen LogP contribution in [0.5, 0.6) is 6.01 Å². The molecule has 3 N–H and O–H groups in total. The first-order chi connectivity index (χ1) is 17.6. The molecule has 6 rings (SSSR count). The lowest BCUT2D eigenvalue weighted by molar-refractivity contribution is -0.00390. The third-order valence-electron chi connectivity index (χ3n) is 6.09. The highest BCUT2D eigenvalue weighted by Gasteiger charge is 2.37. The first kappa shape index (κ1) is 22.6. The summed E-state index contributed by atoms with van der Waals surface area (Å²) in [6.07, 6.45) is 1.01. The van der Waals surface area contributed by atoms with Crippen molar-refractivity contribution in [3.63, 3.8) is 0 Å². The molecular formula is C25H21ClN6O4. The van der Waals surface area contributed by atoms with E-state index in [2.05, 4.69) is 25.1 Å². The van der Waals surface area contributed by atoms with E-state index in [0.717, 1.165) is 22.4 Å². The lowest BCUT2D eigenvalue weighted by Gasteiger charge is -2.15. The van der Waals surface area contributed by atoms with E-state index in [4.69, 9.17) is 21.1 Å². The lowest BCUT2D eigenvalue weighted by Crippen LogP contribution is -2.36. The second kappa shape index (κ2) is 9.32. The van der Waals surface area contributed by atoms with Gasteiger partial charge in [0.15, 0.2) is 11.8 Å². The molecule has 0 saturated carbocycles. The molecule has 1 aliphatic rings. The van der Waals surface area contributed by atoms with Gasteiger partial charge < -0.3 is 24.7 Å². The molecule has 5 aromatic rings. The Hall–Kier alpha value is -3.83. The number of benzene rings is 2. The molecule has 0 spiro atoms. The summed E-state index contributed by atoms with van der Waals surface area (Å²) < 4.78 is 11.1. The van der Waals surface area contributed by atoms with Crippen LogP contribution in [0.3, 0.4) is 0 Å². The summed E-state index contributed by atoms with van der Waals surface area (Å²) in [7, 11) is 0. The third kappa shape index (κ3) is 4.20. The highest BCUT2D eigenvalue weighted by atomic mass is 35.5. The third-order valence-corrected chi connectivity index (χ3v) is 6.38. The average Bonchev–Trinajstić information content (AvgIpc) is 3.65. The predicted molar refractivity (Wildman–Crippen MR) is 132 cm³/mol. The SMILES string of the molecule is OC[C@H]1OC[C@@H](Oc2nc3nc(-c4ccc(-c5ccc(-n6nccn6)cc5)cc4)c(Cl)cc3[nH]2)[C@@H]1O. The first-order valence-electron chi connectivity index (χ1n) is 11.3. The summed E-state index contributed by atoms with van der Waals surface area (Å²) in [6, 6.07) is 17.9. The van der Waals surface area contributed by atoms with Crippen LogP contribution >= 0.6 is 11.6 Å². The molecule has 3 atom stereocenters. The Morgan fingerprint density at radius 1 is 1.00 bits per heavy atom. The molecular weight excluding hydrogens is 484 g/mol. The van der Waals surface area contributed by atoms with Crippen LogP contribution in [0, 0.1) is 0 Å². The highest BCUT2D eigenvalue weighted by molar-refractivity contribution is 6.33. The quantitative estimate of drug-likeness (QED) is 0.321. The number of aromatic nitrogens is 6. The summed E-state index contributed by atoms with van der Waals surface area (Å²) in [4.78, 5) is 13.6. The van der Waals surface area contributed by atoms with Gasteiger partial charge in [0, 0.05) is 5.56 Å². The molecule has 182 valence electrons. The maximum atomic E-state index is 10.2. The molecule has 1 fully saturated rings. The topological polar surface area (TPSA) is 131 Å². The molecule has 4 heterocycles. The number of aliphatic hydroxyl groups is 2. The van der Waals surface area contributed by atoms with Crippen molar-refractivity contribution < 1.29 is 19.7 Å². The Labute approximate surface area is 210 Å². The fourth-order valence-corrected chi connectivity index (χ4v) is 4.43. The summed E-state index contributed by atoms with van der Waals surface area (Å²) in [5.41, 5.74) is 5.47. The molecule has 2 aromatic carbocycles. The van der Waals surface area contributed by atoms with Crippen LogP contribution < -0.4 is 4.74 Å². The van der Waals surface area contributed by atoms with Gasteiger partial charge in [-0.3, -0.25) is 0 Å². The zero-order valence-corrected chi connectivity index (χ0v) is 19.6. The number of fused-ring (bicyclic) bond motifs is 1. The number of halogens is 1. The summed E-state index contributed by atoms with van der Waals surface area (Å²) in [6.45, 7) is -0.132. The van der Waals surface area contributed by atoms with Gasteiger partial charge in [-0.15, -0.1) is 0 Å². The minimum Gasteiger partial charge on any atom is -0.456 e. The summed E-state index contributed by atoms with van der Waals surface area (Å²) in [5.74, 6) is 0. The number of H-pyrrole nitrogens is 1. The smallest absolute Gasteiger partial charge is 0.296 e. The van der Waals surface area contributed by atoms with Gasteiger partial charge in [-0.1, -0.05) is 48.0 Å². The Bertz CT molecular complexity index is 1490. The molecule has 11 heteroatoms. The first-order valence-corrected chi connectivity index (χ1v) is 11.7. The minimum absolute atomic E-state index is 0.151. The van der Waals surface area contributed by atoms with Crippen LogP contribution in [-0.4, -0.2) is 71.7 Å². The van der Waals surface area contributed by atoms with Crippen molar-refractivity contribution in [3.05, 3.63) is 72.0 Å². The second-order valence-electron chi connectivity index (χ2n) is 8.38. The zero-order chi connectivity index (χ0) is 24.6. The molecule has 0 aliphatic carbocycles. The van der Waals surface area contributed by atoms with Gasteiger partial charge in [0.05, 0.1) is 47.5 Å². The number of nitrogens with one attached hydrogen (secondary N) is 1.